The molecule has 0 spiro atoms. The molecule has 0 aliphatic rings. The van der Waals surface area contributed by atoms with Gasteiger partial charge in [0.1, 0.15) is 0 Å². The van der Waals surface area contributed by atoms with Gasteiger partial charge in [-0.15, -0.1) is 11.6 Å². The van der Waals surface area contributed by atoms with Crippen molar-refractivity contribution >= 4 is 11.6 Å². The van der Waals surface area contributed by atoms with Crippen molar-refractivity contribution in [2.75, 3.05) is 0 Å². The second-order valence-electron chi connectivity index (χ2n) is 2.62. The van der Waals surface area contributed by atoms with Crippen LogP contribution in [-0.2, 0) is 12.1 Å². The fraction of sp³-hybridized carbons (Fsp3) is 0.222. The third-order valence-electron chi connectivity index (χ3n) is 1.66. The van der Waals surface area contributed by atoms with Gasteiger partial charge >= 0.3 is 6.18 Å². The van der Waals surface area contributed by atoms with E-state index in [1.54, 1.807) is 0 Å². The number of hydrogen-bond donors (Lipinski definition) is 0. The minimum absolute atomic E-state index is 0.0901. The van der Waals surface area contributed by atoms with Crippen molar-refractivity contribution in [1.82, 2.24) is 0 Å². The van der Waals surface area contributed by atoms with Crippen LogP contribution in [0, 0.1) is 11.3 Å². The molecule has 0 saturated heterocycles. The first-order valence-corrected chi connectivity index (χ1v) is 4.18. The Morgan fingerprint density at radius 1 is 1.36 bits per heavy atom. The molecule has 0 heterocycles. The van der Waals surface area contributed by atoms with E-state index in [1.807, 2.05) is 0 Å². The first-order valence-electron chi connectivity index (χ1n) is 3.65. The molecular weight excluding hydrogens is 215 g/mol. The molecule has 0 bridgehead atoms. The third kappa shape index (κ3) is 2.18. The highest BCUT2D eigenvalue weighted by Crippen LogP contribution is 2.32. The molecule has 74 valence electrons. The average Bonchev–Trinajstić information content (AvgIpc) is 2.15. The van der Waals surface area contributed by atoms with Crippen LogP contribution in [0.15, 0.2) is 18.2 Å². The van der Waals surface area contributed by atoms with E-state index < -0.39 is 17.3 Å². The fourth-order valence-corrected chi connectivity index (χ4v) is 1.18. The molecule has 5 heteroatoms. The monoisotopic (exact) mass is 219 g/mol. The van der Waals surface area contributed by atoms with Crippen LogP contribution in [-0.4, -0.2) is 0 Å². The van der Waals surface area contributed by atoms with Gasteiger partial charge in [0, 0.05) is 5.88 Å². The molecule has 0 amide bonds. The zero-order valence-corrected chi connectivity index (χ0v) is 7.65. The Kier molecular flexibility index (Phi) is 3.02. The first-order chi connectivity index (χ1) is 6.49. The lowest BCUT2D eigenvalue weighted by Gasteiger charge is -2.08. The Labute approximate surface area is 83.7 Å². The van der Waals surface area contributed by atoms with Gasteiger partial charge in [0.25, 0.3) is 0 Å². The van der Waals surface area contributed by atoms with Gasteiger partial charge in [-0.25, -0.2) is 0 Å². The van der Waals surface area contributed by atoms with Crippen LogP contribution in [0.4, 0.5) is 13.2 Å². The third-order valence-corrected chi connectivity index (χ3v) is 1.97. The maximum absolute atomic E-state index is 12.3. The van der Waals surface area contributed by atoms with Gasteiger partial charge in [0.05, 0.1) is 17.2 Å². The number of alkyl halides is 4. The zero-order valence-electron chi connectivity index (χ0n) is 6.90. The fourth-order valence-electron chi connectivity index (χ4n) is 1.01. The highest BCUT2D eigenvalue weighted by Gasteiger charge is 2.33. The Morgan fingerprint density at radius 3 is 2.43 bits per heavy atom. The molecule has 0 atom stereocenters. The number of halogens is 4. The van der Waals surface area contributed by atoms with Crippen LogP contribution in [0.3, 0.4) is 0 Å². The Bertz CT molecular complexity index is 379. The van der Waals surface area contributed by atoms with Gasteiger partial charge in [0.2, 0.25) is 0 Å². The van der Waals surface area contributed by atoms with E-state index in [0.717, 1.165) is 12.1 Å². The van der Waals surface area contributed by atoms with E-state index in [1.165, 1.54) is 12.1 Å². The highest BCUT2D eigenvalue weighted by molar-refractivity contribution is 6.17. The van der Waals surface area contributed by atoms with E-state index in [9.17, 15) is 13.2 Å². The van der Waals surface area contributed by atoms with Crippen molar-refractivity contribution in [3.8, 4) is 6.07 Å². The van der Waals surface area contributed by atoms with Crippen LogP contribution < -0.4 is 0 Å². The first kappa shape index (κ1) is 10.9. The normalized spacial score (nSPS) is 11.1. The predicted octanol–water partition coefficient (Wildman–Crippen LogP) is 3.32. The summed E-state index contributed by atoms with van der Waals surface area (Å²) in [5.41, 5.74) is -0.819. The van der Waals surface area contributed by atoms with Crippen molar-refractivity contribution in [1.29, 1.82) is 5.26 Å². The maximum atomic E-state index is 12.3. The summed E-state index contributed by atoms with van der Waals surface area (Å²) >= 11 is 5.43. The Morgan fingerprint density at radius 2 is 2.00 bits per heavy atom. The SMILES string of the molecule is N#Cc1cc(CCl)ccc1C(F)(F)F. The number of benzene rings is 1. The van der Waals surface area contributed by atoms with Gasteiger partial charge < -0.3 is 0 Å². The quantitative estimate of drug-likeness (QED) is 0.665. The molecule has 0 fully saturated rings. The number of nitrogens with zero attached hydrogens (tertiary/aromatic N) is 1. The molecule has 0 N–H and O–H groups in total. The van der Waals surface area contributed by atoms with Gasteiger partial charge in [-0.05, 0) is 17.7 Å². The van der Waals surface area contributed by atoms with E-state index in [-0.39, 0.29) is 5.88 Å². The molecule has 14 heavy (non-hydrogen) atoms. The van der Waals surface area contributed by atoms with Gasteiger partial charge in [-0.2, -0.15) is 18.4 Å². The van der Waals surface area contributed by atoms with Crippen molar-refractivity contribution < 1.29 is 13.2 Å². The van der Waals surface area contributed by atoms with Gasteiger partial charge in [0.15, 0.2) is 0 Å². The lowest BCUT2D eigenvalue weighted by molar-refractivity contribution is -0.137. The van der Waals surface area contributed by atoms with Crippen LogP contribution in [0.25, 0.3) is 0 Å². The summed E-state index contributed by atoms with van der Waals surface area (Å²) in [5.74, 6) is 0.0901. The molecule has 0 unspecified atom stereocenters. The molecule has 0 aromatic heterocycles. The Balaban J connectivity index is 3.28. The molecule has 0 aliphatic carbocycles. The number of hydrogen-bond acceptors (Lipinski definition) is 1. The Hall–Kier alpha value is -1.21. The van der Waals surface area contributed by atoms with Crippen molar-refractivity contribution in [2.45, 2.75) is 12.1 Å². The number of nitriles is 1. The summed E-state index contributed by atoms with van der Waals surface area (Å²) in [4.78, 5) is 0. The van der Waals surface area contributed by atoms with Crippen molar-refractivity contribution in [2.24, 2.45) is 0 Å². The van der Waals surface area contributed by atoms with Crippen LogP contribution in [0.5, 0.6) is 0 Å². The maximum Gasteiger partial charge on any atom is 0.417 e. The topological polar surface area (TPSA) is 23.8 Å². The van der Waals surface area contributed by atoms with E-state index in [4.69, 9.17) is 16.9 Å². The minimum atomic E-state index is -4.49. The second kappa shape index (κ2) is 3.89. The molecular formula is C9H5ClF3N. The molecule has 1 nitrogen and oxygen atoms in total. The van der Waals surface area contributed by atoms with Crippen LogP contribution in [0.2, 0.25) is 0 Å². The molecule has 0 saturated carbocycles. The summed E-state index contributed by atoms with van der Waals surface area (Å²) in [6, 6.07) is 4.78. The lowest BCUT2D eigenvalue weighted by Crippen LogP contribution is -2.07. The lowest BCUT2D eigenvalue weighted by atomic mass is 10.1. The molecule has 1 rings (SSSR count). The van der Waals surface area contributed by atoms with Gasteiger partial charge in [-0.1, -0.05) is 6.07 Å². The summed E-state index contributed by atoms with van der Waals surface area (Å²) < 4.78 is 36.9. The van der Waals surface area contributed by atoms with Crippen LogP contribution in [0.1, 0.15) is 16.7 Å². The highest BCUT2D eigenvalue weighted by atomic mass is 35.5. The largest absolute Gasteiger partial charge is 0.417 e. The van der Waals surface area contributed by atoms with E-state index in [0.29, 0.717) is 5.56 Å². The van der Waals surface area contributed by atoms with Crippen LogP contribution >= 0.6 is 11.6 Å². The second-order valence-corrected chi connectivity index (χ2v) is 2.89. The summed E-state index contributed by atoms with van der Waals surface area (Å²) in [7, 11) is 0. The number of rotatable bonds is 1. The minimum Gasteiger partial charge on any atom is -0.192 e. The van der Waals surface area contributed by atoms with E-state index in [2.05, 4.69) is 0 Å². The zero-order chi connectivity index (χ0) is 10.8. The molecule has 0 radical (unpaired) electrons. The standard InChI is InChI=1S/C9H5ClF3N/c10-4-6-1-2-8(9(11,12)13)7(3-6)5-14/h1-3H,4H2. The van der Waals surface area contributed by atoms with Gasteiger partial charge in [-0.3, -0.25) is 0 Å². The van der Waals surface area contributed by atoms with Crippen molar-refractivity contribution in [3.05, 3.63) is 34.9 Å². The summed E-state index contributed by atoms with van der Waals surface area (Å²) in [5, 5.41) is 8.51. The smallest absolute Gasteiger partial charge is 0.192 e. The van der Waals surface area contributed by atoms with E-state index >= 15 is 0 Å². The summed E-state index contributed by atoms with van der Waals surface area (Å²) in [6.45, 7) is 0. The predicted molar refractivity (Wildman–Crippen MR) is 45.7 cm³/mol. The average molecular weight is 220 g/mol. The van der Waals surface area contributed by atoms with Crippen molar-refractivity contribution in [3.63, 3.8) is 0 Å². The summed E-state index contributed by atoms with van der Waals surface area (Å²) in [6.07, 6.45) is -4.49. The molecule has 0 aliphatic heterocycles. The molecule has 1 aromatic carbocycles. The molecule has 1 aromatic rings.